The number of benzene rings is 1. The van der Waals surface area contributed by atoms with Crippen molar-refractivity contribution < 1.29 is 28.2 Å². The average Bonchev–Trinajstić information content (AvgIpc) is 2.33. The van der Waals surface area contributed by atoms with Gasteiger partial charge in [0.15, 0.2) is 6.09 Å². The van der Waals surface area contributed by atoms with Crippen molar-refractivity contribution in [2.24, 2.45) is 0 Å². The molecule has 0 aromatic heterocycles. The summed E-state index contributed by atoms with van der Waals surface area (Å²) in [6.45, 7) is 0.994. The van der Waals surface area contributed by atoms with E-state index in [1.807, 2.05) is 0 Å². The van der Waals surface area contributed by atoms with Gasteiger partial charge in [-0.15, -0.1) is 0 Å². The lowest BCUT2D eigenvalue weighted by atomic mass is 10.1. The third-order valence-corrected chi connectivity index (χ3v) is 2.40. The van der Waals surface area contributed by atoms with E-state index >= 15 is 0 Å². The molecule has 2 N–H and O–H groups in total. The summed E-state index contributed by atoms with van der Waals surface area (Å²) >= 11 is 0. The summed E-state index contributed by atoms with van der Waals surface area (Å²) in [6, 6.07) is 4.51. The molecular formula is C12H14F3N2O3-. The van der Waals surface area contributed by atoms with E-state index in [-0.39, 0.29) is 18.7 Å². The minimum absolute atomic E-state index is 0.134. The normalized spacial score (nSPS) is 13.1. The van der Waals surface area contributed by atoms with Crippen molar-refractivity contribution in [2.75, 3.05) is 6.54 Å². The Morgan fingerprint density at radius 2 is 2.15 bits per heavy atom. The smallest absolute Gasteiger partial charge is 0.416 e. The maximum absolute atomic E-state index is 12.5. The Bertz CT molecular complexity index is 464. The number of hydrogen-bond acceptors (Lipinski definition) is 4. The van der Waals surface area contributed by atoms with Crippen molar-refractivity contribution in [2.45, 2.75) is 25.7 Å². The van der Waals surface area contributed by atoms with Crippen molar-refractivity contribution in [1.29, 1.82) is 0 Å². The molecule has 0 heterocycles. The van der Waals surface area contributed by atoms with E-state index in [0.29, 0.717) is 5.01 Å². The number of alkyl halides is 3. The van der Waals surface area contributed by atoms with Crippen LogP contribution in [0.15, 0.2) is 24.3 Å². The van der Waals surface area contributed by atoms with Gasteiger partial charge in [-0.25, -0.2) is 5.43 Å². The number of aliphatic hydroxyl groups excluding tert-OH is 1. The van der Waals surface area contributed by atoms with E-state index in [4.69, 9.17) is 5.11 Å². The summed E-state index contributed by atoms with van der Waals surface area (Å²) in [4.78, 5) is 10.7. The number of hydrazine groups is 1. The van der Waals surface area contributed by atoms with Crippen LogP contribution in [0.2, 0.25) is 0 Å². The van der Waals surface area contributed by atoms with E-state index in [0.717, 1.165) is 12.1 Å². The topological polar surface area (TPSA) is 75.6 Å². The van der Waals surface area contributed by atoms with E-state index in [9.17, 15) is 23.1 Å². The number of halogens is 3. The molecule has 1 rings (SSSR count). The van der Waals surface area contributed by atoms with Crippen molar-refractivity contribution in [3.63, 3.8) is 0 Å². The zero-order valence-corrected chi connectivity index (χ0v) is 10.6. The number of rotatable bonds is 5. The summed E-state index contributed by atoms with van der Waals surface area (Å²) in [6.07, 6.45) is -6.95. The molecule has 0 saturated heterocycles. The highest BCUT2D eigenvalue weighted by Gasteiger charge is 2.30. The average molecular weight is 291 g/mol. The van der Waals surface area contributed by atoms with Crippen molar-refractivity contribution in [1.82, 2.24) is 10.4 Å². The molecule has 8 heteroatoms. The van der Waals surface area contributed by atoms with E-state index in [1.165, 1.54) is 19.1 Å². The Kier molecular flexibility index (Phi) is 5.34. The lowest BCUT2D eigenvalue weighted by molar-refractivity contribution is -0.270. The molecule has 1 amide bonds. The van der Waals surface area contributed by atoms with Gasteiger partial charge in [-0.05, 0) is 18.6 Å². The third-order valence-electron chi connectivity index (χ3n) is 2.40. The van der Waals surface area contributed by atoms with E-state index < -0.39 is 23.9 Å². The number of carbonyl (C=O) groups excluding carboxylic acids is 1. The SMILES string of the molecule is CC(O)CN(NCc1cccc(C(F)(F)F)c1)C(=O)[O-]. The van der Waals surface area contributed by atoms with Crippen LogP contribution in [-0.4, -0.2) is 28.9 Å². The second kappa shape index (κ2) is 6.58. The maximum atomic E-state index is 12.5. The standard InChI is InChI=1S/C12H15F3N2O3/c1-8(18)7-17(11(19)20)16-6-9-3-2-4-10(5-9)12(13,14)15/h2-5,8,16,18H,6-7H2,1H3,(H,19,20)/p-1. The summed E-state index contributed by atoms with van der Waals surface area (Å²) in [5.41, 5.74) is 1.84. The van der Waals surface area contributed by atoms with Crippen LogP contribution in [0.3, 0.4) is 0 Å². The van der Waals surface area contributed by atoms with Gasteiger partial charge in [0.2, 0.25) is 0 Å². The fourth-order valence-electron chi connectivity index (χ4n) is 1.51. The van der Waals surface area contributed by atoms with Gasteiger partial charge in [-0.3, -0.25) is 5.01 Å². The molecule has 1 aromatic carbocycles. The first kappa shape index (κ1) is 16.3. The minimum atomic E-state index is -4.45. The monoisotopic (exact) mass is 291 g/mol. The van der Waals surface area contributed by atoms with Crippen LogP contribution < -0.4 is 10.5 Å². The van der Waals surface area contributed by atoms with Crippen LogP contribution in [0.5, 0.6) is 0 Å². The van der Waals surface area contributed by atoms with Crippen molar-refractivity contribution in [3.05, 3.63) is 35.4 Å². The molecule has 5 nitrogen and oxygen atoms in total. The molecule has 0 fully saturated rings. The summed E-state index contributed by atoms with van der Waals surface area (Å²) < 4.78 is 37.5. The molecule has 0 aliphatic carbocycles. The van der Waals surface area contributed by atoms with Crippen LogP contribution >= 0.6 is 0 Å². The number of hydrogen-bond donors (Lipinski definition) is 2. The first-order chi connectivity index (χ1) is 9.20. The van der Waals surface area contributed by atoms with E-state index in [1.54, 1.807) is 0 Å². The fourth-order valence-corrected chi connectivity index (χ4v) is 1.51. The van der Waals surface area contributed by atoms with Gasteiger partial charge >= 0.3 is 6.18 Å². The lowest BCUT2D eigenvalue weighted by Gasteiger charge is -2.27. The van der Waals surface area contributed by atoms with E-state index in [2.05, 4.69) is 5.43 Å². The Balaban J connectivity index is 2.71. The molecule has 0 aliphatic rings. The highest BCUT2D eigenvalue weighted by molar-refractivity contribution is 5.61. The molecular weight excluding hydrogens is 277 g/mol. The fraction of sp³-hybridized carbons (Fsp3) is 0.417. The molecule has 0 radical (unpaired) electrons. The number of carbonyl (C=O) groups is 1. The highest BCUT2D eigenvalue weighted by atomic mass is 19.4. The Morgan fingerprint density at radius 1 is 1.50 bits per heavy atom. The van der Waals surface area contributed by atoms with Crippen LogP contribution in [0.25, 0.3) is 0 Å². The van der Waals surface area contributed by atoms with Gasteiger partial charge in [0.1, 0.15) is 0 Å². The minimum Gasteiger partial charge on any atom is -0.529 e. The molecule has 1 atom stereocenters. The van der Waals surface area contributed by atoms with Gasteiger partial charge in [0.05, 0.1) is 18.2 Å². The molecule has 0 bridgehead atoms. The highest BCUT2D eigenvalue weighted by Crippen LogP contribution is 2.29. The molecule has 1 unspecified atom stereocenters. The number of carboxylic acid groups (broad SMARTS) is 1. The first-order valence-corrected chi connectivity index (χ1v) is 5.76. The quantitative estimate of drug-likeness (QED) is 0.784. The van der Waals surface area contributed by atoms with Gasteiger partial charge in [-0.2, -0.15) is 13.2 Å². The van der Waals surface area contributed by atoms with Crippen LogP contribution in [-0.2, 0) is 12.7 Å². The predicted molar refractivity (Wildman–Crippen MR) is 62.1 cm³/mol. The van der Waals surface area contributed by atoms with Gasteiger partial charge in [0, 0.05) is 6.54 Å². The zero-order valence-electron chi connectivity index (χ0n) is 10.6. The van der Waals surface area contributed by atoms with Crippen LogP contribution in [0, 0.1) is 0 Å². The molecule has 1 aromatic rings. The molecule has 112 valence electrons. The molecule has 0 saturated carbocycles. The summed E-state index contributed by atoms with van der Waals surface area (Å²) in [7, 11) is 0. The second-order valence-electron chi connectivity index (χ2n) is 4.26. The maximum Gasteiger partial charge on any atom is 0.416 e. The number of nitrogens with zero attached hydrogens (tertiary/aromatic N) is 1. The van der Waals surface area contributed by atoms with Gasteiger partial charge < -0.3 is 15.0 Å². The first-order valence-electron chi connectivity index (χ1n) is 5.76. The summed E-state index contributed by atoms with van der Waals surface area (Å²) in [5.74, 6) is 0. The Labute approximate surface area is 113 Å². The molecule has 0 spiro atoms. The lowest BCUT2D eigenvalue weighted by Crippen LogP contribution is -2.51. The van der Waals surface area contributed by atoms with Crippen LogP contribution in [0.1, 0.15) is 18.1 Å². The Morgan fingerprint density at radius 3 is 2.65 bits per heavy atom. The largest absolute Gasteiger partial charge is 0.529 e. The number of amides is 1. The number of aliphatic hydroxyl groups is 1. The van der Waals surface area contributed by atoms with Crippen LogP contribution in [0.4, 0.5) is 18.0 Å². The van der Waals surface area contributed by atoms with Gasteiger partial charge in [0.25, 0.3) is 0 Å². The zero-order chi connectivity index (χ0) is 15.3. The Hall–Kier alpha value is -1.80. The van der Waals surface area contributed by atoms with Gasteiger partial charge in [-0.1, -0.05) is 18.2 Å². The predicted octanol–water partition coefficient (Wildman–Crippen LogP) is 0.736. The second-order valence-corrected chi connectivity index (χ2v) is 4.26. The molecule has 0 aliphatic heterocycles. The van der Waals surface area contributed by atoms with Crippen molar-refractivity contribution >= 4 is 6.09 Å². The third kappa shape index (κ3) is 5.06. The van der Waals surface area contributed by atoms with Crippen molar-refractivity contribution in [3.8, 4) is 0 Å². The summed E-state index contributed by atoms with van der Waals surface area (Å²) in [5, 5.41) is 20.5. The molecule has 20 heavy (non-hydrogen) atoms. The number of nitrogens with one attached hydrogen (secondary N) is 1.